The topological polar surface area (TPSA) is 42.4 Å². The number of carbonyl (C=O) groups excluding carboxylic acids is 1. The minimum Gasteiger partial charge on any atom is -0.377 e. The summed E-state index contributed by atoms with van der Waals surface area (Å²) < 4.78 is 5.62. The summed E-state index contributed by atoms with van der Waals surface area (Å²) in [5, 5.41) is 3.45. The van der Waals surface area contributed by atoms with Crippen molar-refractivity contribution in [3.63, 3.8) is 0 Å². The molecule has 0 radical (unpaired) electrons. The number of halogens is 1. The highest BCUT2D eigenvalue weighted by Crippen LogP contribution is 2.31. The van der Waals surface area contributed by atoms with E-state index in [4.69, 9.17) is 16.3 Å². The second-order valence-electron chi connectivity index (χ2n) is 6.39. The molecule has 0 aliphatic carbocycles. The van der Waals surface area contributed by atoms with E-state index in [1.165, 1.54) is 11.3 Å². The summed E-state index contributed by atoms with van der Waals surface area (Å²) in [6.45, 7) is 1.69. The summed E-state index contributed by atoms with van der Waals surface area (Å²) in [6, 6.07) is 17.6. The maximum Gasteiger partial charge on any atom is 0.229 e. The average Bonchev–Trinajstić information content (AvgIpc) is 3.17. The molecule has 4 rings (SSSR count). The van der Waals surface area contributed by atoms with Gasteiger partial charge in [0.2, 0.25) is 5.91 Å². The number of hydrogen-bond acceptors (Lipinski definition) is 4. The van der Waals surface area contributed by atoms with Crippen molar-refractivity contribution in [2.24, 2.45) is 0 Å². The van der Waals surface area contributed by atoms with Crippen LogP contribution in [0.2, 0.25) is 5.02 Å². The molecule has 1 aliphatic heterocycles. The standard InChI is InChI=1S/C21H19ClN2O2S/c22-18-9-5-4-8-17(18)21-23-16(14-27-21)12-20(25)24-10-11-26-13-19(24)15-6-2-1-3-7-15/h1-9,14,19H,10-13H2/t19-/m0/s1. The lowest BCUT2D eigenvalue weighted by Gasteiger charge is -2.36. The largest absolute Gasteiger partial charge is 0.377 e. The van der Waals surface area contributed by atoms with Gasteiger partial charge in [0, 0.05) is 17.5 Å². The van der Waals surface area contributed by atoms with Crippen LogP contribution < -0.4 is 0 Å². The van der Waals surface area contributed by atoms with Gasteiger partial charge in [-0.05, 0) is 11.6 Å². The molecule has 0 unspecified atom stereocenters. The van der Waals surface area contributed by atoms with Crippen molar-refractivity contribution in [1.82, 2.24) is 9.88 Å². The predicted molar refractivity (Wildman–Crippen MR) is 108 cm³/mol. The number of morpholine rings is 1. The Morgan fingerprint density at radius 3 is 2.78 bits per heavy atom. The molecule has 0 N–H and O–H groups in total. The van der Waals surface area contributed by atoms with E-state index < -0.39 is 0 Å². The molecule has 2 heterocycles. The number of aromatic nitrogens is 1. The van der Waals surface area contributed by atoms with E-state index in [0.717, 1.165) is 21.8 Å². The fourth-order valence-corrected chi connectivity index (χ4v) is 4.40. The van der Waals surface area contributed by atoms with Crippen molar-refractivity contribution in [3.05, 3.63) is 76.3 Å². The van der Waals surface area contributed by atoms with Gasteiger partial charge in [0.1, 0.15) is 5.01 Å². The van der Waals surface area contributed by atoms with Gasteiger partial charge < -0.3 is 9.64 Å². The van der Waals surface area contributed by atoms with Crippen LogP contribution in [0, 0.1) is 0 Å². The van der Waals surface area contributed by atoms with E-state index in [-0.39, 0.29) is 18.4 Å². The molecule has 1 amide bonds. The molecule has 6 heteroatoms. The number of nitrogens with zero attached hydrogens (tertiary/aromatic N) is 2. The molecule has 1 aromatic heterocycles. The molecule has 1 atom stereocenters. The van der Waals surface area contributed by atoms with E-state index >= 15 is 0 Å². The molecule has 0 saturated carbocycles. The van der Waals surface area contributed by atoms with Gasteiger partial charge in [-0.1, -0.05) is 60.1 Å². The summed E-state index contributed by atoms with van der Waals surface area (Å²) in [6.07, 6.45) is 0.282. The van der Waals surface area contributed by atoms with Gasteiger partial charge in [-0.15, -0.1) is 11.3 Å². The van der Waals surface area contributed by atoms with Crippen LogP contribution >= 0.6 is 22.9 Å². The van der Waals surface area contributed by atoms with Crippen LogP contribution in [0.15, 0.2) is 60.0 Å². The molecule has 3 aromatic rings. The quantitative estimate of drug-likeness (QED) is 0.644. The first kappa shape index (κ1) is 18.2. The Labute approximate surface area is 167 Å². The molecular weight excluding hydrogens is 380 g/mol. The summed E-state index contributed by atoms with van der Waals surface area (Å²) in [4.78, 5) is 19.5. The minimum absolute atomic E-state index is 0.0471. The maximum absolute atomic E-state index is 13.0. The fourth-order valence-electron chi connectivity index (χ4n) is 3.26. The fraction of sp³-hybridized carbons (Fsp3) is 0.238. The minimum atomic E-state index is -0.0471. The van der Waals surface area contributed by atoms with E-state index in [0.29, 0.717) is 24.8 Å². The van der Waals surface area contributed by atoms with E-state index in [2.05, 4.69) is 4.98 Å². The van der Waals surface area contributed by atoms with E-state index in [1.807, 2.05) is 64.9 Å². The van der Waals surface area contributed by atoms with Crippen molar-refractivity contribution < 1.29 is 9.53 Å². The first-order valence-electron chi connectivity index (χ1n) is 8.84. The lowest BCUT2D eigenvalue weighted by molar-refractivity contribution is -0.139. The summed E-state index contributed by atoms with van der Waals surface area (Å²) >= 11 is 7.77. The lowest BCUT2D eigenvalue weighted by atomic mass is 10.0. The number of benzene rings is 2. The Bertz CT molecular complexity index is 929. The van der Waals surface area contributed by atoms with Crippen molar-refractivity contribution in [2.45, 2.75) is 12.5 Å². The Kier molecular flexibility index (Phi) is 5.53. The van der Waals surface area contributed by atoms with Gasteiger partial charge in [-0.25, -0.2) is 4.98 Å². The molecule has 0 spiro atoms. The molecule has 1 saturated heterocycles. The molecule has 1 aliphatic rings. The summed E-state index contributed by atoms with van der Waals surface area (Å²) in [7, 11) is 0. The maximum atomic E-state index is 13.0. The first-order valence-corrected chi connectivity index (χ1v) is 10.1. The van der Waals surface area contributed by atoms with Crippen molar-refractivity contribution in [1.29, 1.82) is 0 Å². The number of rotatable bonds is 4. The molecule has 138 valence electrons. The smallest absolute Gasteiger partial charge is 0.229 e. The zero-order valence-corrected chi connectivity index (χ0v) is 16.2. The molecule has 4 nitrogen and oxygen atoms in total. The second-order valence-corrected chi connectivity index (χ2v) is 7.65. The highest BCUT2D eigenvalue weighted by atomic mass is 35.5. The number of thiazole rings is 1. The van der Waals surface area contributed by atoms with Crippen LogP contribution in [0.4, 0.5) is 0 Å². The highest BCUT2D eigenvalue weighted by Gasteiger charge is 2.28. The van der Waals surface area contributed by atoms with Crippen LogP contribution in [0.3, 0.4) is 0 Å². The van der Waals surface area contributed by atoms with Crippen molar-refractivity contribution in [3.8, 4) is 10.6 Å². The van der Waals surface area contributed by atoms with Crippen molar-refractivity contribution >= 4 is 28.8 Å². The lowest BCUT2D eigenvalue weighted by Crippen LogP contribution is -2.44. The van der Waals surface area contributed by atoms with Gasteiger partial charge >= 0.3 is 0 Å². The Balaban J connectivity index is 1.51. The van der Waals surface area contributed by atoms with Gasteiger partial charge in [0.25, 0.3) is 0 Å². The molecule has 27 heavy (non-hydrogen) atoms. The van der Waals surface area contributed by atoms with Crippen LogP contribution in [-0.4, -0.2) is 35.5 Å². The van der Waals surface area contributed by atoms with E-state index in [9.17, 15) is 4.79 Å². The highest BCUT2D eigenvalue weighted by molar-refractivity contribution is 7.13. The van der Waals surface area contributed by atoms with Crippen molar-refractivity contribution in [2.75, 3.05) is 19.8 Å². The SMILES string of the molecule is O=C(Cc1csc(-c2ccccc2Cl)n1)N1CCOC[C@H]1c1ccccc1. The zero-order chi connectivity index (χ0) is 18.6. The second kappa shape index (κ2) is 8.21. The first-order chi connectivity index (χ1) is 13.2. The van der Waals surface area contributed by atoms with Gasteiger partial charge in [-0.2, -0.15) is 0 Å². The number of carbonyl (C=O) groups is 1. The molecular formula is C21H19ClN2O2S. The number of ether oxygens (including phenoxy) is 1. The number of hydrogen-bond donors (Lipinski definition) is 0. The van der Waals surface area contributed by atoms with E-state index in [1.54, 1.807) is 0 Å². The third-order valence-electron chi connectivity index (χ3n) is 4.62. The predicted octanol–water partition coefficient (Wildman–Crippen LogP) is 4.61. The average molecular weight is 399 g/mol. The summed E-state index contributed by atoms with van der Waals surface area (Å²) in [5.41, 5.74) is 2.77. The Hall–Kier alpha value is -2.21. The summed E-state index contributed by atoms with van der Waals surface area (Å²) in [5.74, 6) is 0.0724. The molecule has 0 bridgehead atoms. The van der Waals surface area contributed by atoms with Crippen LogP contribution in [-0.2, 0) is 16.0 Å². The zero-order valence-electron chi connectivity index (χ0n) is 14.7. The Morgan fingerprint density at radius 2 is 1.96 bits per heavy atom. The van der Waals surface area contributed by atoms with Gasteiger partial charge in [0.05, 0.1) is 36.4 Å². The third kappa shape index (κ3) is 4.05. The van der Waals surface area contributed by atoms with Crippen LogP contribution in [0.1, 0.15) is 17.3 Å². The van der Waals surface area contributed by atoms with Crippen LogP contribution in [0.5, 0.6) is 0 Å². The normalized spacial score (nSPS) is 17.1. The third-order valence-corrected chi connectivity index (χ3v) is 5.88. The van der Waals surface area contributed by atoms with Gasteiger partial charge in [-0.3, -0.25) is 4.79 Å². The number of amides is 1. The van der Waals surface area contributed by atoms with Gasteiger partial charge in [0.15, 0.2) is 0 Å². The monoisotopic (exact) mass is 398 g/mol. The molecule has 2 aromatic carbocycles. The molecule has 1 fully saturated rings. The Morgan fingerprint density at radius 1 is 1.19 bits per heavy atom. The van der Waals surface area contributed by atoms with Crippen LogP contribution in [0.25, 0.3) is 10.6 Å².